The average molecular weight is 365 g/mol. The van der Waals surface area contributed by atoms with Gasteiger partial charge in [-0.3, -0.25) is 4.90 Å². The Morgan fingerprint density at radius 3 is 2.27 bits per heavy atom. The van der Waals surface area contributed by atoms with Crippen molar-refractivity contribution < 1.29 is 22.3 Å². The zero-order chi connectivity index (χ0) is 14.8. The van der Waals surface area contributed by atoms with Crippen LogP contribution in [0, 0.1) is 5.82 Å². The normalized spacial score (nSPS) is 17.1. The number of benzene rings is 1. The molecule has 0 spiro atoms. The van der Waals surface area contributed by atoms with Crippen molar-refractivity contribution in [1.29, 1.82) is 0 Å². The molecule has 0 aromatic heterocycles. The molecular weight excluding hydrogens is 347 g/mol. The molecule has 2 rings (SSSR count). The van der Waals surface area contributed by atoms with Gasteiger partial charge in [0.1, 0.15) is 17.6 Å². The lowest BCUT2D eigenvalue weighted by Crippen LogP contribution is -2.49. The molecule has 0 radical (unpaired) electrons. The standard InChI is InChI=1S/C13H16F4N2O.2ClH/c1-20-11-8-9(14)2-3-10(11)12(13(15,16)17)19-6-4-18-5-7-19;;/h2-3,8,12,18H,4-7H2,1H3;2*1H/t12-;;/m0../s1. The number of alkyl halides is 3. The number of hydrogen-bond donors (Lipinski definition) is 1. The van der Waals surface area contributed by atoms with Crippen molar-refractivity contribution in [1.82, 2.24) is 10.2 Å². The molecular formula is C13H18Cl2F4N2O. The summed E-state index contributed by atoms with van der Waals surface area (Å²) in [7, 11) is 1.24. The number of halogens is 6. The third kappa shape index (κ3) is 4.87. The second-order valence-corrected chi connectivity index (χ2v) is 4.62. The molecule has 3 nitrogen and oxygen atoms in total. The second kappa shape index (κ2) is 8.76. The number of ether oxygens (including phenoxy) is 1. The Labute approximate surface area is 138 Å². The van der Waals surface area contributed by atoms with E-state index in [2.05, 4.69) is 5.32 Å². The number of methoxy groups -OCH3 is 1. The summed E-state index contributed by atoms with van der Waals surface area (Å²) in [5.41, 5.74) is -0.0525. The van der Waals surface area contributed by atoms with Gasteiger partial charge in [0.2, 0.25) is 0 Å². The molecule has 0 amide bonds. The van der Waals surface area contributed by atoms with Gasteiger partial charge >= 0.3 is 6.18 Å². The minimum absolute atomic E-state index is 0. The monoisotopic (exact) mass is 364 g/mol. The van der Waals surface area contributed by atoms with E-state index >= 15 is 0 Å². The Kier molecular flexibility index (Phi) is 8.46. The topological polar surface area (TPSA) is 24.5 Å². The maximum Gasteiger partial charge on any atom is 0.408 e. The van der Waals surface area contributed by atoms with Crippen LogP contribution in [0.4, 0.5) is 17.6 Å². The van der Waals surface area contributed by atoms with Crippen LogP contribution in [-0.4, -0.2) is 44.4 Å². The zero-order valence-corrected chi connectivity index (χ0v) is 13.5. The van der Waals surface area contributed by atoms with Crippen molar-refractivity contribution in [3.63, 3.8) is 0 Å². The lowest BCUT2D eigenvalue weighted by atomic mass is 10.0. The van der Waals surface area contributed by atoms with Crippen molar-refractivity contribution >= 4 is 24.8 Å². The van der Waals surface area contributed by atoms with Gasteiger partial charge in [-0.15, -0.1) is 24.8 Å². The molecule has 22 heavy (non-hydrogen) atoms. The van der Waals surface area contributed by atoms with Gasteiger partial charge in [0.25, 0.3) is 0 Å². The fourth-order valence-corrected chi connectivity index (χ4v) is 2.43. The van der Waals surface area contributed by atoms with E-state index in [-0.39, 0.29) is 49.2 Å². The molecule has 0 bridgehead atoms. The molecule has 1 atom stereocenters. The molecule has 1 heterocycles. The maximum absolute atomic E-state index is 13.4. The Balaban J connectivity index is 0.00000220. The average Bonchev–Trinajstić information content (AvgIpc) is 2.40. The van der Waals surface area contributed by atoms with Crippen molar-refractivity contribution in [3.05, 3.63) is 29.6 Å². The quantitative estimate of drug-likeness (QED) is 0.833. The number of rotatable bonds is 3. The molecule has 1 N–H and O–H groups in total. The van der Waals surface area contributed by atoms with Crippen LogP contribution in [0.25, 0.3) is 0 Å². The molecule has 9 heteroatoms. The van der Waals surface area contributed by atoms with Gasteiger partial charge in [-0.25, -0.2) is 4.39 Å². The van der Waals surface area contributed by atoms with E-state index in [4.69, 9.17) is 4.74 Å². The summed E-state index contributed by atoms with van der Waals surface area (Å²) in [6.07, 6.45) is -4.44. The highest BCUT2D eigenvalue weighted by molar-refractivity contribution is 5.85. The smallest absolute Gasteiger partial charge is 0.408 e. The second-order valence-electron chi connectivity index (χ2n) is 4.62. The molecule has 128 valence electrons. The largest absolute Gasteiger partial charge is 0.496 e. The van der Waals surface area contributed by atoms with Gasteiger partial charge in [0, 0.05) is 37.8 Å². The first-order valence-corrected chi connectivity index (χ1v) is 6.28. The Bertz CT molecular complexity index is 468. The van der Waals surface area contributed by atoms with Crippen LogP contribution in [0.1, 0.15) is 11.6 Å². The fourth-order valence-electron chi connectivity index (χ4n) is 2.43. The Hall–Kier alpha value is -0.760. The van der Waals surface area contributed by atoms with Gasteiger partial charge in [-0.2, -0.15) is 13.2 Å². The SMILES string of the molecule is COc1cc(F)ccc1[C@H](N1CCNCC1)C(F)(F)F.Cl.Cl. The van der Waals surface area contributed by atoms with Crippen molar-refractivity contribution in [3.8, 4) is 5.75 Å². The predicted molar refractivity (Wildman–Crippen MR) is 80.7 cm³/mol. The highest BCUT2D eigenvalue weighted by Gasteiger charge is 2.46. The van der Waals surface area contributed by atoms with Gasteiger partial charge in [0.15, 0.2) is 0 Å². The summed E-state index contributed by atoms with van der Waals surface area (Å²) >= 11 is 0. The van der Waals surface area contributed by atoms with Crippen LogP contribution in [-0.2, 0) is 0 Å². The van der Waals surface area contributed by atoms with Crippen molar-refractivity contribution in [2.45, 2.75) is 12.2 Å². The Morgan fingerprint density at radius 1 is 1.18 bits per heavy atom. The minimum Gasteiger partial charge on any atom is -0.496 e. The summed E-state index contributed by atoms with van der Waals surface area (Å²) in [5.74, 6) is -0.697. The van der Waals surface area contributed by atoms with Gasteiger partial charge in [-0.1, -0.05) is 6.07 Å². The van der Waals surface area contributed by atoms with Crippen LogP contribution < -0.4 is 10.1 Å². The number of piperazine rings is 1. The summed E-state index contributed by atoms with van der Waals surface area (Å²) < 4.78 is 58.2. The van der Waals surface area contributed by atoms with Gasteiger partial charge in [-0.05, 0) is 6.07 Å². The predicted octanol–water partition coefficient (Wildman–Crippen LogP) is 3.19. The molecule has 0 saturated carbocycles. The minimum atomic E-state index is -4.44. The van der Waals surface area contributed by atoms with Crippen LogP contribution in [0.3, 0.4) is 0 Å². The van der Waals surface area contributed by atoms with Crippen LogP contribution in [0.5, 0.6) is 5.75 Å². The molecule has 0 unspecified atom stereocenters. The van der Waals surface area contributed by atoms with E-state index in [0.717, 1.165) is 18.2 Å². The van der Waals surface area contributed by atoms with Crippen LogP contribution in [0.15, 0.2) is 18.2 Å². The highest BCUT2D eigenvalue weighted by atomic mass is 35.5. The van der Waals surface area contributed by atoms with E-state index in [1.54, 1.807) is 0 Å². The first kappa shape index (κ1) is 21.2. The van der Waals surface area contributed by atoms with E-state index < -0.39 is 18.0 Å². The number of nitrogens with one attached hydrogen (secondary N) is 1. The Morgan fingerprint density at radius 2 is 1.77 bits per heavy atom. The molecule has 1 saturated heterocycles. The third-order valence-corrected chi connectivity index (χ3v) is 3.32. The molecule has 1 fully saturated rings. The van der Waals surface area contributed by atoms with Crippen molar-refractivity contribution in [2.24, 2.45) is 0 Å². The lowest BCUT2D eigenvalue weighted by Gasteiger charge is -2.36. The number of hydrogen-bond acceptors (Lipinski definition) is 3. The maximum atomic E-state index is 13.4. The van der Waals surface area contributed by atoms with E-state index in [1.807, 2.05) is 0 Å². The van der Waals surface area contributed by atoms with Crippen LogP contribution >= 0.6 is 24.8 Å². The first-order valence-electron chi connectivity index (χ1n) is 6.28. The first-order chi connectivity index (χ1) is 9.43. The molecule has 0 aliphatic carbocycles. The molecule has 1 aliphatic rings. The van der Waals surface area contributed by atoms with Crippen molar-refractivity contribution in [2.75, 3.05) is 33.3 Å². The highest BCUT2D eigenvalue weighted by Crippen LogP contribution is 2.41. The van der Waals surface area contributed by atoms with Crippen LogP contribution in [0.2, 0.25) is 0 Å². The summed E-state index contributed by atoms with van der Waals surface area (Å²) in [6, 6.07) is 1.38. The summed E-state index contributed by atoms with van der Waals surface area (Å²) in [5, 5.41) is 3.01. The third-order valence-electron chi connectivity index (χ3n) is 3.32. The van der Waals surface area contributed by atoms with Gasteiger partial charge in [0.05, 0.1) is 7.11 Å². The fraction of sp³-hybridized carbons (Fsp3) is 0.538. The molecule has 1 aromatic carbocycles. The van der Waals surface area contributed by atoms with E-state index in [1.165, 1.54) is 12.0 Å². The summed E-state index contributed by atoms with van der Waals surface area (Å²) in [6.45, 7) is 1.56. The summed E-state index contributed by atoms with van der Waals surface area (Å²) in [4.78, 5) is 1.34. The number of nitrogens with zero attached hydrogens (tertiary/aromatic N) is 1. The van der Waals surface area contributed by atoms with E-state index in [9.17, 15) is 17.6 Å². The molecule has 1 aromatic rings. The lowest BCUT2D eigenvalue weighted by molar-refractivity contribution is -0.188. The molecule has 1 aliphatic heterocycles. The zero-order valence-electron chi connectivity index (χ0n) is 11.8. The van der Waals surface area contributed by atoms with Gasteiger partial charge < -0.3 is 10.1 Å². The van der Waals surface area contributed by atoms with E-state index in [0.29, 0.717) is 13.1 Å².